The van der Waals surface area contributed by atoms with Gasteiger partial charge in [0.15, 0.2) is 0 Å². The third-order valence-corrected chi connectivity index (χ3v) is 3.81. The van der Waals surface area contributed by atoms with Crippen LogP contribution in [0.15, 0.2) is 12.7 Å². The Kier molecular flexibility index (Phi) is 6.54. The van der Waals surface area contributed by atoms with Crippen LogP contribution >= 0.6 is 11.8 Å². The second-order valence-corrected chi connectivity index (χ2v) is 7.08. The molecule has 120 valence electrons. The zero-order valence-electron chi connectivity index (χ0n) is 12.8. The molecule has 0 radical (unpaired) electrons. The average Bonchev–Trinajstić information content (AvgIpc) is 2.76. The number of hydrogen-bond donors (Lipinski definition) is 1. The zero-order valence-corrected chi connectivity index (χ0v) is 13.6. The number of amides is 1. The molecule has 2 N–H and O–H groups in total. The molecule has 1 fully saturated rings. The normalized spacial score (nSPS) is 22.0. The summed E-state index contributed by atoms with van der Waals surface area (Å²) in [6, 6.07) is -0.109. The van der Waals surface area contributed by atoms with E-state index in [1.807, 2.05) is 20.8 Å². The van der Waals surface area contributed by atoms with E-state index in [-0.39, 0.29) is 23.2 Å². The Labute approximate surface area is 130 Å². The molecule has 0 spiro atoms. The lowest BCUT2D eigenvalue weighted by molar-refractivity contribution is 0.0736. The van der Waals surface area contributed by atoms with Gasteiger partial charge in [0.1, 0.15) is 12.2 Å². The Hall–Kier alpha value is -1.21. The molecule has 0 aliphatic carbocycles. The Bertz CT molecular complexity index is 395. The first-order chi connectivity index (χ1) is 9.76. The van der Waals surface area contributed by atoms with E-state index >= 15 is 0 Å². The minimum atomic E-state index is -0.515. The van der Waals surface area contributed by atoms with Crippen LogP contribution in [0.3, 0.4) is 0 Å². The van der Waals surface area contributed by atoms with Crippen molar-refractivity contribution in [1.29, 1.82) is 0 Å². The van der Waals surface area contributed by atoms with Crippen molar-refractivity contribution >= 4 is 23.2 Å². The van der Waals surface area contributed by atoms with Gasteiger partial charge < -0.3 is 20.1 Å². The second-order valence-electron chi connectivity index (χ2n) is 5.85. The molecular formula is C14H24N2O4S. The fourth-order valence-electron chi connectivity index (χ4n) is 2.03. The highest BCUT2D eigenvalue weighted by Gasteiger charge is 2.37. The van der Waals surface area contributed by atoms with Gasteiger partial charge in [-0.1, -0.05) is 12.7 Å². The maximum atomic E-state index is 11.9. The predicted molar refractivity (Wildman–Crippen MR) is 83.3 cm³/mol. The minimum Gasteiger partial charge on any atom is -0.452 e. The van der Waals surface area contributed by atoms with Crippen molar-refractivity contribution in [3.8, 4) is 0 Å². The van der Waals surface area contributed by atoms with Gasteiger partial charge in [0, 0.05) is 24.4 Å². The molecule has 6 nitrogen and oxygen atoms in total. The van der Waals surface area contributed by atoms with Crippen LogP contribution in [0.1, 0.15) is 27.2 Å². The van der Waals surface area contributed by atoms with E-state index in [9.17, 15) is 9.59 Å². The lowest BCUT2D eigenvalue weighted by Crippen LogP contribution is -2.40. The first-order valence-electron chi connectivity index (χ1n) is 6.90. The molecule has 1 amide bonds. The molecule has 7 heteroatoms. The van der Waals surface area contributed by atoms with Crippen molar-refractivity contribution in [1.82, 2.24) is 4.90 Å². The monoisotopic (exact) mass is 316 g/mol. The number of carbonyl (C=O) groups is 2. The number of hydrogen-bond acceptors (Lipinski definition) is 6. The Morgan fingerprint density at radius 2 is 2.14 bits per heavy atom. The van der Waals surface area contributed by atoms with E-state index in [2.05, 4.69) is 6.58 Å². The van der Waals surface area contributed by atoms with Crippen molar-refractivity contribution in [3.05, 3.63) is 12.7 Å². The first-order valence-corrected chi connectivity index (χ1v) is 7.78. The van der Waals surface area contributed by atoms with Crippen molar-refractivity contribution in [2.24, 2.45) is 5.73 Å². The summed E-state index contributed by atoms with van der Waals surface area (Å²) in [5, 5.41) is -0.353. The standard InChI is InChI=1S/C14H24N2O4S/c1-5-6-19-12(17)16-9-11(7-10(16)8-15)21-13(18)20-14(2,3)4/h5,10-11H,1,6-9,15H2,2-4H3. The molecule has 21 heavy (non-hydrogen) atoms. The molecule has 1 aliphatic heterocycles. The van der Waals surface area contributed by atoms with Crippen LogP contribution in [0, 0.1) is 0 Å². The smallest absolute Gasteiger partial charge is 0.410 e. The van der Waals surface area contributed by atoms with Crippen molar-refractivity contribution < 1.29 is 19.1 Å². The number of rotatable bonds is 4. The summed E-state index contributed by atoms with van der Waals surface area (Å²) in [5.74, 6) is 0. The molecule has 1 saturated heterocycles. The maximum absolute atomic E-state index is 11.9. The maximum Gasteiger partial charge on any atom is 0.410 e. The topological polar surface area (TPSA) is 81.9 Å². The van der Waals surface area contributed by atoms with E-state index in [0.29, 0.717) is 19.5 Å². The zero-order chi connectivity index (χ0) is 16.0. The van der Waals surface area contributed by atoms with Gasteiger partial charge in [-0.25, -0.2) is 9.59 Å². The number of nitrogens with two attached hydrogens (primary N) is 1. The summed E-state index contributed by atoms with van der Waals surface area (Å²) in [6.45, 7) is 9.90. The molecule has 0 saturated carbocycles. The van der Waals surface area contributed by atoms with Crippen LogP contribution < -0.4 is 5.73 Å². The molecule has 1 rings (SSSR count). The van der Waals surface area contributed by atoms with Gasteiger partial charge >= 0.3 is 11.4 Å². The summed E-state index contributed by atoms with van der Waals surface area (Å²) in [6.07, 6.45) is 1.75. The van der Waals surface area contributed by atoms with Gasteiger partial charge in [-0.05, 0) is 39.0 Å². The minimum absolute atomic E-state index is 0.0234. The van der Waals surface area contributed by atoms with Crippen molar-refractivity contribution in [2.75, 3.05) is 19.7 Å². The van der Waals surface area contributed by atoms with Gasteiger partial charge in [0.05, 0.1) is 0 Å². The number of likely N-dealkylation sites (tertiary alicyclic amines) is 1. The Morgan fingerprint density at radius 1 is 1.48 bits per heavy atom. The van der Waals surface area contributed by atoms with E-state index in [1.54, 1.807) is 4.90 Å². The number of nitrogens with zero attached hydrogens (tertiary/aromatic N) is 1. The number of carbonyl (C=O) groups excluding carboxylic acids is 2. The quantitative estimate of drug-likeness (QED) is 0.633. The third kappa shape index (κ3) is 5.97. The average molecular weight is 316 g/mol. The lowest BCUT2D eigenvalue weighted by Gasteiger charge is -2.22. The van der Waals surface area contributed by atoms with E-state index in [0.717, 1.165) is 11.8 Å². The summed E-state index contributed by atoms with van der Waals surface area (Å²) in [7, 11) is 0. The summed E-state index contributed by atoms with van der Waals surface area (Å²) < 4.78 is 10.3. The molecule has 0 aromatic rings. The van der Waals surface area contributed by atoms with Gasteiger partial charge in [-0.15, -0.1) is 0 Å². The Morgan fingerprint density at radius 3 is 2.67 bits per heavy atom. The number of thioether (sulfide) groups is 1. The molecule has 2 atom stereocenters. The summed E-state index contributed by atoms with van der Waals surface area (Å²) >= 11 is 1.11. The molecular weight excluding hydrogens is 292 g/mol. The first kappa shape index (κ1) is 17.8. The molecule has 0 bridgehead atoms. The molecule has 2 unspecified atom stereocenters. The second kappa shape index (κ2) is 7.70. The molecule has 0 aromatic heterocycles. The summed E-state index contributed by atoms with van der Waals surface area (Å²) in [4.78, 5) is 25.3. The van der Waals surface area contributed by atoms with Gasteiger partial charge in [0.2, 0.25) is 0 Å². The van der Waals surface area contributed by atoms with Gasteiger partial charge in [-0.3, -0.25) is 0 Å². The van der Waals surface area contributed by atoms with Crippen molar-refractivity contribution in [2.45, 2.75) is 44.1 Å². The highest BCUT2D eigenvalue weighted by molar-refractivity contribution is 8.13. The highest BCUT2D eigenvalue weighted by Crippen LogP contribution is 2.30. The molecule has 1 heterocycles. The van der Waals surface area contributed by atoms with Crippen LogP contribution in [0.25, 0.3) is 0 Å². The van der Waals surface area contributed by atoms with Crippen LogP contribution in [0.5, 0.6) is 0 Å². The fraction of sp³-hybridized carbons (Fsp3) is 0.714. The largest absolute Gasteiger partial charge is 0.452 e. The highest BCUT2D eigenvalue weighted by atomic mass is 32.2. The van der Waals surface area contributed by atoms with Crippen LogP contribution in [-0.2, 0) is 9.47 Å². The third-order valence-electron chi connectivity index (χ3n) is 2.86. The lowest BCUT2D eigenvalue weighted by atomic mass is 10.2. The van der Waals surface area contributed by atoms with E-state index in [4.69, 9.17) is 15.2 Å². The van der Waals surface area contributed by atoms with Crippen LogP contribution in [-0.4, -0.2) is 52.9 Å². The van der Waals surface area contributed by atoms with Crippen LogP contribution in [0.2, 0.25) is 0 Å². The Balaban J connectivity index is 2.54. The van der Waals surface area contributed by atoms with Crippen LogP contribution in [0.4, 0.5) is 9.59 Å². The fourth-order valence-corrected chi connectivity index (χ4v) is 3.15. The van der Waals surface area contributed by atoms with E-state index < -0.39 is 11.7 Å². The van der Waals surface area contributed by atoms with Gasteiger partial charge in [-0.2, -0.15) is 0 Å². The van der Waals surface area contributed by atoms with E-state index in [1.165, 1.54) is 6.08 Å². The van der Waals surface area contributed by atoms with Crippen molar-refractivity contribution in [3.63, 3.8) is 0 Å². The summed E-state index contributed by atoms with van der Waals surface area (Å²) in [5.41, 5.74) is 5.18. The predicted octanol–water partition coefficient (Wildman–Crippen LogP) is 2.38. The number of ether oxygens (including phenoxy) is 2. The molecule has 0 aromatic carbocycles. The molecule has 1 aliphatic rings. The van der Waals surface area contributed by atoms with Gasteiger partial charge in [0.25, 0.3) is 0 Å². The SMILES string of the molecule is C=CCOC(=O)N1CC(SC(=O)OC(C)(C)C)CC1CN.